The topological polar surface area (TPSA) is 20.3 Å². The molecule has 0 bridgehead atoms. The number of hydrogen-bond acceptors (Lipinski definition) is 2. The van der Waals surface area contributed by atoms with E-state index in [1.807, 2.05) is 12.1 Å². The third kappa shape index (κ3) is 5.04. The third-order valence-electron chi connectivity index (χ3n) is 12.4. The van der Waals surface area contributed by atoms with Crippen LogP contribution in [0.5, 0.6) is 0 Å². The van der Waals surface area contributed by atoms with Gasteiger partial charge in [-0.25, -0.2) is 0 Å². The summed E-state index contributed by atoms with van der Waals surface area (Å²) in [6.07, 6.45) is 0. The van der Waals surface area contributed by atoms with Crippen molar-refractivity contribution in [2.24, 2.45) is 0 Å². The van der Waals surface area contributed by atoms with Gasteiger partial charge < -0.3 is 9.46 Å². The van der Waals surface area contributed by atoms with Gasteiger partial charge in [-0.3, -0.25) is 0 Å². The van der Waals surface area contributed by atoms with Crippen molar-refractivity contribution in [2.75, 3.05) is 4.90 Å². The molecule has 2 aliphatic heterocycles. The molecule has 12 rings (SSSR count). The van der Waals surface area contributed by atoms with Crippen LogP contribution in [0.1, 0.15) is 16.7 Å². The predicted octanol–water partition coefficient (Wildman–Crippen LogP) is 14.5. The van der Waals surface area contributed by atoms with E-state index in [0.717, 1.165) is 71.9 Å². The van der Waals surface area contributed by atoms with E-state index < -0.39 is 7.14 Å². The molecule has 10 aromatic rings. The van der Waals surface area contributed by atoms with Crippen molar-refractivity contribution >= 4 is 78.0 Å². The number of fused-ring (bicyclic) bond motifs is 12. The molecule has 276 valence electrons. The highest BCUT2D eigenvalue weighted by atomic mass is 31.2. The first-order chi connectivity index (χ1) is 29.2. The minimum atomic E-state index is -3.37. The SMILES string of the molecule is O=P1(c2cccc(-c3ccccc3)c2)C2=C(c3ccccc3N(c3ccc(-c4ccc5c6ccccc6c6ccccc6c5c4)cc3)c3ccccc32)c2ccccc21. The monoisotopic (exact) mass is 769 g/mol. The quantitative estimate of drug-likeness (QED) is 0.131. The Kier molecular flexibility index (Phi) is 7.54. The molecule has 0 N–H and O–H groups in total. The molecule has 0 aromatic heterocycles. The van der Waals surface area contributed by atoms with E-state index in [9.17, 15) is 0 Å². The lowest BCUT2D eigenvalue weighted by Crippen LogP contribution is -2.17. The smallest absolute Gasteiger partial charge is 0.172 e. The lowest BCUT2D eigenvalue weighted by molar-refractivity contribution is 0.593. The second-order valence-corrected chi connectivity index (χ2v) is 18.2. The van der Waals surface area contributed by atoms with Crippen LogP contribution < -0.4 is 15.5 Å². The summed E-state index contributed by atoms with van der Waals surface area (Å²) >= 11 is 0. The van der Waals surface area contributed by atoms with Gasteiger partial charge in [0.2, 0.25) is 0 Å². The van der Waals surface area contributed by atoms with Crippen molar-refractivity contribution in [1.29, 1.82) is 0 Å². The van der Waals surface area contributed by atoms with Crippen LogP contribution in [0.2, 0.25) is 0 Å². The van der Waals surface area contributed by atoms with Crippen molar-refractivity contribution in [3.8, 4) is 22.3 Å². The van der Waals surface area contributed by atoms with Gasteiger partial charge >= 0.3 is 0 Å². The third-order valence-corrected chi connectivity index (χ3v) is 15.6. The molecule has 1 atom stereocenters. The zero-order chi connectivity index (χ0) is 39.1. The summed E-state index contributed by atoms with van der Waals surface area (Å²) in [5.41, 5.74) is 11.7. The minimum Gasteiger partial charge on any atom is -0.309 e. The first-order valence-electron chi connectivity index (χ1n) is 20.2. The molecular weight excluding hydrogens is 734 g/mol. The van der Waals surface area contributed by atoms with Gasteiger partial charge in [-0.15, -0.1) is 0 Å². The zero-order valence-electron chi connectivity index (χ0n) is 32.1. The molecule has 0 spiro atoms. The van der Waals surface area contributed by atoms with Gasteiger partial charge in [-0.05, 0) is 96.5 Å². The van der Waals surface area contributed by atoms with Crippen LogP contribution in [0.4, 0.5) is 17.1 Å². The second kappa shape index (κ2) is 13.1. The summed E-state index contributed by atoms with van der Waals surface area (Å²) in [6, 6.07) is 77.6. The Morgan fingerprint density at radius 3 is 1.54 bits per heavy atom. The summed E-state index contributed by atoms with van der Waals surface area (Å²) in [5.74, 6) is 0. The lowest BCUT2D eigenvalue weighted by atomic mass is 9.92. The van der Waals surface area contributed by atoms with Crippen LogP contribution in [-0.2, 0) is 4.57 Å². The van der Waals surface area contributed by atoms with Crippen LogP contribution in [0.15, 0.2) is 218 Å². The molecule has 0 radical (unpaired) electrons. The van der Waals surface area contributed by atoms with Gasteiger partial charge in [0.15, 0.2) is 7.14 Å². The number of hydrogen-bond donors (Lipinski definition) is 0. The van der Waals surface area contributed by atoms with E-state index in [2.05, 4.69) is 211 Å². The van der Waals surface area contributed by atoms with E-state index in [0.29, 0.717) is 0 Å². The summed E-state index contributed by atoms with van der Waals surface area (Å²) in [5, 5.41) is 10.3. The van der Waals surface area contributed by atoms with Crippen LogP contribution in [0.25, 0.3) is 65.5 Å². The number of benzene rings is 10. The van der Waals surface area contributed by atoms with Crippen LogP contribution in [0, 0.1) is 0 Å². The highest BCUT2D eigenvalue weighted by molar-refractivity contribution is 7.88. The highest BCUT2D eigenvalue weighted by Crippen LogP contribution is 2.68. The van der Waals surface area contributed by atoms with Gasteiger partial charge in [-0.2, -0.15) is 0 Å². The van der Waals surface area contributed by atoms with Crippen molar-refractivity contribution in [2.45, 2.75) is 0 Å². The molecule has 0 saturated carbocycles. The molecule has 3 heteroatoms. The molecule has 2 nitrogen and oxygen atoms in total. The fourth-order valence-electron chi connectivity index (χ4n) is 9.77. The Morgan fingerprint density at radius 2 is 0.831 bits per heavy atom. The van der Waals surface area contributed by atoms with Crippen molar-refractivity contribution < 1.29 is 4.57 Å². The Bertz CT molecular complexity index is 3380. The van der Waals surface area contributed by atoms with Gasteiger partial charge in [0, 0.05) is 38.3 Å². The molecule has 0 fully saturated rings. The number of nitrogens with zero attached hydrogens (tertiary/aromatic N) is 1. The van der Waals surface area contributed by atoms with Crippen LogP contribution in [0.3, 0.4) is 0 Å². The molecule has 0 saturated heterocycles. The summed E-state index contributed by atoms with van der Waals surface area (Å²) < 4.78 is 16.5. The van der Waals surface area contributed by atoms with E-state index in [1.165, 1.54) is 37.9 Å². The molecule has 10 aromatic carbocycles. The lowest BCUT2D eigenvalue weighted by Gasteiger charge is -2.29. The molecule has 0 amide bonds. The van der Waals surface area contributed by atoms with Gasteiger partial charge in [0.25, 0.3) is 0 Å². The Morgan fingerprint density at radius 1 is 0.339 bits per heavy atom. The molecule has 2 aliphatic rings. The normalized spacial score (nSPS) is 15.5. The highest BCUT2D eigenvalue weighted by Gasteiger charge is 2.46. The molecule has 1 unspecified atom stereocenters. The fraction of sp³-hybridized carbons (Fsp3) is 0. The zero-order valence-corrected chi connectivity index (χ0v) is 33.0. The maximum absolute atomic E-state index is 16.5. The maximum atomic E-state index is 16.5. The van der Waals surface area contributed by atoms with Crippen molar-refractivity contribution in [3.05, 3.63) is 235 Å². The van der Waals surface area contributed by atoms with E-state index in [1.54, 1.807) is 0 Å². The first-order valence-corrected chi connectivity index (χ1v) is 21.9. The first kappa shape index (κ1) is 33.8. The van der Waals surface area contributed by atoms with Crippen molar-refractivity contribution in [1.82, 2.24) is 0 Å². The molecule has 2 heterocycles. The maximum Gasteiger partial charge on any atom is 0.172 e. The van der Waals surface area contributed by atoms with E-state index in [-0.39, 0.29) is 0 Å². The molecule has 59 heavy (non-hydrogen) atoms. The van der Waals surface area contributed by atoms with Crippen LogP contribution >= 0.6 is 7.14 Å². The van der Waals surface area contributed by atoms with Crippen LogP contribution in [-0.4, -0.2) is 0 Å². The Balaban J connectivity index is 1.03. The summed E-state index contributed by atoms with van der Waals surface area (Å²) in [6.45, 7) is 0. The van der Waals surface area contributed by atoms with Gasteiger partial charge in [-0.1, -0.05) is 182 Å². The molecule has 0 aliphatic carbocycles. The standard InChI is InChI=1S/C56H36NOP/c58-59(42-18-14-17-39(35-42)37-15-2-1-3-16-37)54-28-13-10-25-50(54)55-48-23-8-11-26-52(48)57(53-27-12-9-24-49(53)56(55)59)41-32-29-38(30-33-41)40-31-34-47-45-21-5-4-19-43(45)44-20-6-7-22-46(44)51(47)36-40/h1-36H. The summed E-state index contributed by atoms with van der Waals surface area (Å²) in [4.78, 5) is 2.36. The predicted molar refractivity (Wildman–Crippen MR) is 250 cm³/mol. The molecular formula is C56H36NOP. The summed E-state index contributed by atoms with van der Waals surface area (Å²) in [7, 11) is -3.37. The number of rotatable bonds is 4. The van der Waals surface area contributed by atoms with E-state index >= 15 is 4.57 Å². The van der Waals surface area contributed by atoms with Gasteiger partial charge in [0.1, 0.15) is 0 Å². The van der Waals surface area contributed by atoms with E-state index in [4.69, 9.17) is 0 Å². The van der Waals surface area contributed by atoms with Gasteiger partial charge in [0.05, 0.1) is 11.4 Å². The Hall–Kier alpha value is -7.25. The second-order valence-electron chi connectivity index (χ2n) is 15.5. The number of anilines is 3. The minimum absolute atomic E-state index is 0.845. The average Bonchev–Trinajstić information content (AvgIpc) is 3.50. The number of para-hydroxylation sites is 2. The van der Waals surface area contributed by atoms with Crippen molar-refractivity contribution in [3.63, 3.8) is 0 Å². The fourth-order valence-corrected chi connectivity index (χ4v) is 13.1. The Labute approximate surface area is 343 Å². The largest absolute Gasteiger partial charge is 0.309 e. The average molecular weight is 770 g/mol.